The van der Waals surface area contributed by atoms with Crippen LogP contribution < -0.4 is 0 Å². The summed E-state index contributed by atoms with van der Waals surface area (Å²) in [7, 11) is 0. The van der Waals surface area contributed by atoms with Crippen LogP contribution in [0.15, 0.2) is 33.9 Å². The number of hydrogen-bond donors (Lipinski definition) is 1. The average Bonchev–Trinajstić information content (AvgIpc) is 3.10. The molecule has 27 heavy (non-hydrogen) atoms. The summed E-state index contributed by atoms with van der Waals surface area (Å²) in [5, 5.41) is 5.95. The summed E-state index contributed by atoms with van der Waals surface area (Å²) in [4.78, 5) is 12.7. The molecule has 1 N–H and O–H groups in total. The molecule has 0 saturated heterocycles. The maximum atomic E-state index is 13.6. The molecule has 0 amide bonds. The van der Waals surface area contributed by atoms with Crippen molar-refractivity contribution in [1.29, 1.82) is 0 Å². The van der Waals surface area contributed by atoms with E-state index in [1.54, 1.807) is 0 Å². The summed E-state index contributed by atoms with van der Waals surface area (Å²) < 4.78 is 77.6. The van der Waals surface area contributed by atoms with Gasteiger partial charge in [0.25, 0.3) is 5.91 Å². The number of aryl methyl sites for hydroxylation is 1. The Morgan fingerprint density at radius 2 is 1.81 bits per heavy atom. The van der Waals surface area contributed by atoms with Crippen LogP contribution in [-0.2, 0) is 0 Å². The predicted octanol–water partition coefficient (Wildman–Crippen LogP) is 5.79. The zero-order valence-corrected chi connectivity index (χ0v) is 14.9. The Labute approximate surface area is 156 Å². The zero-order valence-electron chi connectivity index (χ0n) is 13.3. The van der Waals surface area contributed by atoms with Crippen LogP contribution in [0.1, 0.15) is 16.1 Å². The van der Waals surface area contributed by atoms with Crippen molar-refractivity contribution in [3.63, 3.8) is 0 Å². The molecule has 0 aliphatic rings. The van der Waals surface area contributed by atoms with Gasteiger partial charge in [0, 0.05) is 22.5 Å². The molecule has 2 heterocycles. The Morgan fingerprint density at radius 3 is 2.44 bits per heavy atom. The number of phenolic OH excluding ortho intramolecular Hbond substituents is 1. The van der Waals surface area contributed by atoms with Crippen LogP contribution in [-0.4, -0.2) is 27.0 Å². The van der Waals surface area contributed by atoms with E-state index >= 15 is 0 Å². The molecule has 1 aromatic carbocycles. The lowest BCUT2D eigenvalue weighted by molar-refractivity contribution is -0.237. The average molecular weight is 425 g/mol. The fourth-order valence-electron chi connectivity index (χ4n) is 2.42. The lowest BCUT2D eigenvalue weighted by Crippen LogP contribution is -2.32. The Balaban J connectivity index is 1.96. The monoisotopic (exact) mass is 425 g/mol. The molecule has 3 nitrogen and oxygen atoms in total. The first-order valence-electron chi connectivity index (χ1n) is 7.18. The standard InChI is InChI=1S/C16H9F6NO2S2/c1-7-2-8-3-12(24)10(17)5-11(8)23(7)14(25)9-4-13(26-6-9)27-16(21,22)15(18,19)20/h2-6,24H,1H3. The van der Waals surface area contributed by atoms with Crippen LogP contribution in [0.3, 0.4) is 0 Å². The number of benzene rings is 1. The summed E-state index contributed by atoms with van der Waals surface area (Å²) >= 11 is -0.124. The highest BCUT2D eigenvalue weighted by Crippen LogP contribution is 2.49. The number of fused-ring (bicyclic) bond motifs is 1. The van der Waals surface area contributed by atoms with Gasteiger partial charge in [0.05, 0.1) is 15.3 Å². The van der Waals surface area contributed by atoms with Gasteiger partial charge in [0.1, 0.15) is 0 Å². The highest BCUT2D eigenvalue weighted by Gasteiger charge is 2.58. The normalized spacial score (nSPS) is 12.7. The minimum atomic E-state index is -5.72. The quantitative estimate of drug-likeness (QED) is 0.427. The summed E-state index contributed by atoms with van der Waals surface area (Å²) in [6, 6.07) is 4.50. The van der Waals surface area contributed by atoms with E-state index < -0.39 is 44.9 Å². The number of thioether (sulfide) groups is 1. The maximum absolute atomic E-state index is 13.6. The number of alkyl halides is 5. The minimum absolute atomic E-state index is 0.116. The molecule has 0 radical (unpaired) electrons. The third-order valence-electron chi connectivity index (χ3n) is 3.64. The third-order valence-corrected chi connectivity index (χ3v) is 5.71. The van der Waals surface area contributed by atoms with Gasteiger partial charge in [-0.05, 0) is 36.9 Å². The number of carbonyl (C=O) groups is 1. The summed E-state index contributed by atoms with van der Waals surface area (Å²) in [6.45, 7) is 1.53. The maximum Gasteiger partial charge on any atom is 0.464 e. The van der Waals surface area contributed by atoms with E-state index in [0.29, 0.717) is 22.4 Å². The molecule has 0 saturated carbocycles. The van der Waals surface area contributed by atoms with Crippen molar-refractivity contribution in [3.8, 4) is 5.75 Å². The van der Waals surface area contributed by atoms with Gasteiger partial charge in [-0.25, -0.2) is 4.39 Å². The van der Waals surface area contributed by atoms with E-state index in [-0.39, 0.29) is 11.1 Å². The number of aromatic hydroxyl groups is 1. The Morgan fingerprint density at radius 1 is 1.15 bits per heavy atom. The zero-order chi connectivity index (χ0) is 20.1. The molecule has 0 unspecified atom stereocenters. The summed E-state index contributed by atoms with van der Waals surface area (Å²) in [5.74, 6) is -2.28. The lowest BCUT2D eigenvalue weighted by atomic mass is 10.2. The molecular weight excluding hydrogens is 416 g/mol. The molecule has 0 atom stereocenters. The smallest absolute Gasteiger partial charge is 0.464 e. The number of phenols is 1. The number of aromatic nitrogens is 1. The number of thiophene rings is 1. The third kappa shape index (κ3) is 3.53. The van der Waals surface area contributed by atoms with Crippen LogP contribution in [0.25, 0.3) is 10.9 Å². The van der Waals surface area contributed by atoms with Gasteiger partial charge in [0.15, 0.2) is 11.6 Å². The van der Waals surface area contributed by atoms with Crippen LogP contribution in [0.5, 0.6) is 5.75 Å². The van der Waals surface area contributed by atoms with Crippen molar-refractivity contribution in [2.24, 2.45) is 0 Å². The molecule has 2 aromatic heterocycles. The number of hydrogen-bond acceptors (Lipinski definition) is 4. The predicted molar refractivity (Wildman–Crippen MR) is 89.2 cm³/mol. The summed E-state index contributed by atoms with van der Waals surface area (Å²) in [5.41, 5.74) is 0.393. The molecular formula is C16H9F6NO2S2. The van der Waals surface area contributed by atoms with Crippen LogP contribution in [0.2, 0.25) is 0 Å². The van der Waals surface area contributed by atoms with Gasteiger partial charge in [-0.2, -0.15) is 22.0 Å². The first kappa shape index (κ1) is 19.6. The minimum Gasteiger partial charge on any atom is -0.505 e. The molecule has 144 valence electrons. The van der Waals surface area contributed by atoms with Crippen molar-refractivity contribution in [3.05, 3.63) is 46.7 Å². The Kier molecular flexibility index (Phi) is 4.71. The molecule has 3 aromatic rings. The van der Waals surface area contributed by atoms with Gasteiger partial charge in [-0.1, -0.05) is 0 Å². The van der Waals surface area contributed by atoms with Crippen molar-refractivity contribution >= 4 is 39.9 Å². The molecule has 0 aliphatic carbocycles. The van der Waals surface area contributed by atoms with Gasteiger partial charge in [-0.3, -0.25) is 9.36 Å². The second-order valence-corrected chi connectivity index (χ2v) is 7.89. The first-order valence-corrected chi connectivity index (χ1v) is 8.87. The number of rotatable bonds is 3. The van der Waals surface area contributed by atoms with Crippen molar-refractivity contribution < 1.29 is 36.2 Å². The van der Waals surface area contributed by atoms with E-state index in [1.807, 2.05) is 0 Å². The molecule has 0 spiro atoms. The van der Waals surface area contributed by atoms with Crippen molar-refractivity contribution in [2.45, 2.75) is 22.6 Å². The SMILES string of the molecule is Cc1cc2cc(O)c(F)cc2n1C(=O)c1csc(SC(F)(F)C(F)(F)F)c1. The van der Waals surface area contributed by atoms with Gasteiger partial charge >= 0.3 is 11.4 Å². The largest absolute Gasteiger partial charge is 0.505 e. The summed E-state index contributed by atoms with van der Waals surface area (Å²) in [6.07, 6.45) is -5.72. The second kappa shape index (κ2) is 6.48. The van der Waals surface area contributed by atoms with Gasteiger partial charge in [-0.15, -0.1) is 11.3 Å². The first-order chi connectivity index (χ1) is 12.4. The van der Waals surface area contributed by atoms with Gasteiger partial charge in [0.2, 0.25) is 0 Å². The highest BCUT2D eigenvalue weighted by atomic mass is 32.2. The van der Waals surface area contributed by atoms with E-state index in [2.05, 4.69) is 0 Å². The van der Waals surface area contributed by atoms with Crippen molar-refractivity contribution in [2.75, 3.05) is 0 Å². The van der Waals surface area contributed by atoms with Gasteiger partial charge < -0.3 is 5.11 Å². The van der Waals surface area contributed by atoms with Crippen LogP contribution >= 0.6 is 23.1 Å². The Bertz CT molecular complexity index is 1040. The van der Waals surface area contributed by atoms with E-state index in [1.165, 1.54) is 13.0 Å². The van der Waals surface area contributed by atoms with Crippen LogP contribution in [0, 0.1) is 12.7 Å². The fourth-order valence-corrected chi connectivity index (χ4v) is 4.23. The number of carbonyl (C=O) groups excluding carboxylic acids is 1. The molecule has 11 heteroatoms. The lowest BCUT2D eigenvalue weighted by Gasteiger charge is -2.17. The number of nitrogens with zero attached hydrogens (tertiary/aromatic N) is 1. The highest BCUT2D eigenvalue weighted by molar-refractivity contribution is 8.02. The fraction of sp³-hybridized carbons (Fsp3) is 0.188. The topological polar surface area (TPSA) is 42.2 Å². The molecule has 0 bridgehead atoms. The number of halogens is 6. The molecule has 0 fully saturated rings. The van der Waals surface area contributed by atoms with Crippen molar-refractivity contribution in [1.82, 2.24) is 4.57 Å². The van der Waals surface area contributed by atoms with E-state index in [0.717, 1.165) is 28.1 Å². The molecule has 0 aliphatic heterocycles. The molecule has 3 rings (SSSR count). The Hall–Kier alpha value is -2.14. The van der Waals surface area contributed by atoms with E-state index in [4.69, 9.17) is 0 Å². The second-order valence-electron chi connectivity index (χ2n) is 5.56. The van der Waals surface area contributed by atoms with E-state index in [9.17, 15) is 36.2 Å². The van der Waals surface area contributed by atoms with Crippen LogP contribution in [0.4, 0.5) is 26.3 Å².